The Morgan fingerprint density at radius 3 is 1.53 bits per heavy atom. The Balaban J connectivity index is 3.09. The first-order valence-corrected chi connectivity index (χ1v) is 4.13. The number of rotatable bonds is 3. The third-order valence-corrected chi connectivity index (χ3v) is 1.61. The molecule has 0 aliphatic rings. The Kier molecular flexibility index (Phi) is 4.25. The Bertz CT molecular complexity index is 461. The summed E-state index contributed by atoms with van der Waals surface area (Å²) in [5, 5.41) is 10.5. The highest BCUT2D eigenvalue weighted by Crippen LogP contribution is 2.29. The summed E-state index contributed by atoms with van der Waals surface area (Å²) in [7, 11) is -3.56. The van der Waals surface area contributed by atoms with Crippen LogP contribution in [-0.4, -0.2) is 13.7 Å². The summed E-state index contributed by atoms with van der Waals surface area (Å²) >= 11 is 0. The molecule has 0 aromatic heterocycles. The summed E-state index contributed by atoms with van der Waals surface area (Å²) in [4.78, 5) is 0. The van der Waals surface area contributed by atoms with Crippen LogP contribution in [0.4, 0.5) is 35.1 Å². The molecule has 0 unspecified atom stereocenters. The van der Waals surface area contributed by atoms with E-state index in [-0.39, 0.29) is 0 Å². The van der Waals surface area contributed by atoms with Crippen LogP contribution in [0.5, 0.6) is 5.75 Å². The summed E-state index contributed by atoms with van der Waals surface area (Å²) in [6, 6.07) is 0. The van der Waals surface area contributed by atoms with Gasteiger partial charge >= 0.3 is 13.7 Å². The number of hydrogen-bond donors (Lipinski definition) is 0. The fraction of sp³-hybridized carbons (Fsp3) is 0.143. The van der Waals surface area contributed by atoms with Crippen molar-refractivity contribution in [2.75, 3.05) is 0 Å². The molecule has 0 amide bonds. The molecule has 3 nitrogen and oxygen atoms in total. The molecule has 0 spiro atoms. The van der Waals surface area contributed by atoms with E-state index < -0.39 is 48.5 Å². The molecule has 1 rings (SSSR count). The largest absolute Gasteiger partial charge is 0.820 e. The van der Waals surface area contributed by atoms with Crippen molar-refractivity contribution in [1.29, 1.82) is 0 Å². The first kappa shape index (κ1) is 15.5. The lowest BCUT2D eigenvalue weighted by Gasteiger charge is -2.22. The topological polar surface area (TPSA) is 41.5 Å². The molecule has 0 bridgehead atoms. The van der Waals surface area contributed by atoms with Crippen LogP contribution in [0, 0.1) is 29.1 Å². The monoisotopic (exact) mass is 295 g/mol. The van der Waals surface area contributed by atoms with E-state index in [1.54, 1.807) is 0 Å². The van der Waals surface area contributed by atoms with Crippen molar-refractivity contribution >= 4 is 7.32 Å². The van der Waals surface area contributed by atoms with Gasteiger partial charge in [0.05, 0.1) is 0 Å². The molecule has 1 aromatic carbocycles. The second-order valence-electron chi connectivity index (χ2n) is 2.87. The van der Waals surface area contributed by atoms with E-state index in [9.17, 15) is 40.1 Å². The zero-order valence-corrected chi connectivity index (χ0v) is 8.33. The normalized spacial score (nSPS) is 11.6. The summed E-state index contributed by atoms with van der Waals surface area (Å²) < 4.78 is 104. The quantitative estimate of drug-likeness (QED) is 0.368. The van der Waals surface area contributed by atoms with Crippen LogP contribution < -0.4 is 9.68 Å². The second kappa shape index (κ2) is 5.21. The van der Waals surface area contributed by atoms with Gasteiger partial charge in [-0.25, -0.2) is 13.2 Å². The van der Waals surface area contributed by atoms with Crippen molar-refractivity contribution in [3.05, 3.63) is 29.1 Å². The van der Waals surface area contributed by atoms with E-state index in [0.29, 0.717) is 0 Å². The first-order valence-electron chi connectivity index (χ1n) is 4.13. The van der Waals surface area contributed by atoms with Gasteiger partial charge in [-0.2, -0.15) is 8.78 Å². The van der Waals surface area contributed by atoms with E-state index in [1.165, 1.54) is 0 Å². The highest BCUT2D eigenvalue weighted by molar-refractivity contribution is 6.33. The molecule has 0 radical (unpaired) electrons. The van der Waals surface area contributed by atoms with E-state index in [4.69, 9.17) is 0 Å². The third-order valence-electron chi connectivity index (χ3n) is 1.61. The summed E-state index contributed by atoms with van der Waals surface area (Å²) in [6.07, 6.45) is -5.52. The molecule has 106 valence electrons. The van der Waals surface area contributed by atoms with E-state index in [0.717, 1.165) is 0 Å². The third kappa shape index (κ3) is 3.47. The molecule has 0 saturated carbocycles. The molecular formula is C7BF8O3-. The average molecular weight is 295 g/mol. The van der Waals surface area contributed by atoms with Crippen molar-refractivity contribution in [3.63, 3.8) is 0 Å². The van der Waals surface area contributed by atoms with Crippen molar-refractivity contribution < 1.29 is 49.5 Å². The number of hydrogen-bond acceptors (Lipinski definition) is 3. The van der Waals surface area contributed by atoms with Gasteiger partial charge in [-0.05, 0) is 0 Å². The molecule has 0 atom stereocenters. The van der Waals surface area contributed by atoms with Crippen LogP contribution in [-0.2, 0) is 4.65 Å². The maximum Gasteiger partial charge on any atom is 0.510 e. The number of benzene rings is 1. The molecule has 12 heteroatoms. The lowest BCUT2D eigenvalue weighted by molar-refractivity contribution is -0.338. The van der Waals surface area contributed by atoms with Gasteiger partial charge < -0.3 is 14.3 Å². The minimum atomic E-state index is -5.52. The Labute approximate surface area is 99.1 Å². The minimum absolute atomic E-state index is 2.17. The maximum absolute atomic E-state index is 12.9. The molecule has 0 N–H and O–H groups in total. The Morgan fingerprint density at radius 1 is 0.789 bits per heavy atom. The zero-order chi connectivity index (χ0) is 15.0. The molecule has 0 saturated heterocycles. The summed E-state index contributed by atoms with van der Waals surface area (Å²) in [5.41, 5.74) is 0. The van der Waals surface area contributed by atoms with Crippen molar-refractivity contribution in [2.24, 2.45) is 0 Å². The molecule has 0 fully saturated rings. The van der Waals surface area contributed by atoms with Gasteiger partial charge in [0.2, 0.25) is 29.1 Å². The van der Waals surface area contributed by atoms with Crippen molar-refractivity contribution in [3.8, 4) is 5.75 Å². The van der Waals surface area contributed by atoms with Gasteiger partial charge in [0.25, 0.3) is 0 Å². The molecule has 1 aromatic rings. The van der Waals surface area contributed by atoms with E-state index >= 15 is 0 Å². The zero-order valence-electron chi connectivity index (χ0n) is 8.33. The lowest BCUT2D eigenvalue weighted by atomic mass is 10.2. The molecule has 0 aliphatic carbocycles. The van der Waals surface area contributed by atoms with E-state index in [1.807, 2.05) is 0 Å². The maximum atomic E-state index is 12.9. The molecule has 19 heavy (non-hydrogen) atoms. The highest BCUT2D eigenvalue weighted by Gasteiger charge is 2.34. The Hall–Kier alpha value is -1.56. The predicted molar refractivity (Wildman–Crippen MR) is 39.8 cm³/mol. The average Bonchev–Trinajstić information content (AvgIpc) is 2.27. The van der Waals surface area contributed by atoms with Crippen LogP contribution in [0.25, 0.3) is 0 Å². The fourth-order valence-corrected chi connectivity index (χ4v) is 0.918. The summed E-state index contributed by atoms with van der Waals surface area (Å²) in [6.45, 7) is 0. The van der Waals surface area contributed by atoms with E-state index in [2.05, 4.69) is 9.31 Å². The van der Waals surface area contributed by atoms with Crippen LogP contribution in [0.15, 0.2) is 0 Å². The molecular weight excluding hydrogens is 295 g/mol. The smallest absolute Gasteiger partial charge is 0.510 e. The number of alkyl halides is 3. The van der Waals surface area contributed by atoms with Gasteiger partial charge in [-0.1, -0.05) is 0 Å². The van der Waals surface area contributed by atoms with Gasteiger partial charge in [-0.3, -0.25) is 0 Å². The second-order valence-corrected chi connectivity index (χ2v) is 2.87. The predicted octanol–water partition coefficient (Wildman–Crippen LogP) is 1.64. The summed E-state index contributed by atoms with van der Waals surface area (Å²) in [5.74, 6) is -14.9. The lowest BCUT2D eigenvalue weighted by Crippen LogP contribution is -2.45. The Morgan fingerprint density at radius 2 is 1.16 bits per heavy atom. The molecule has 0 aliphatic heterocycles. The van der Waals surface area contributed by atoms with Crippen LogP contribution in [0.2, 0.25) is 0 Å². The van der Waals surface area contributed by atoms with Gasteiger partial charge in [-0.15, -0.1) is 13.2 Å². The van der Waals surface area contributed by atoms with Crippen LogP contribution in [0.1, 0.15) is 0 Å². The van der Waals surface area contributed by atoms with Gasteiger partial charge in [0.1, 0.15) is 0 Å². The number of halogens is 8. The first-order chi connectivity index (χ1) is 8.54. The fourth-order valence-electron chi connectivity index (χ4n) is 0.918. The van der Waals surface area contributed by atoms with Gasteiger partial charge in [0, 0.05) is 0 Å². The van der Waals surface area contributed by atoms with Gasteiger partial charge in [0.15, 0.2) is 5.75 Å². The standard InChI is InChI=1S/C7BF8O3/c9-1-2(10)4(12)6(5(13)3(1)11)18-8(17)19-7(14,15)16/q-1. The highest BCUT2D eigenvalue weighted by atomic mass is 19.4. The molecule has 0 heterocycles. The van der Waals surface area contributed by atoms with Crippen LogP contribution in [0.3, 0.4) is 0 Å². The minimum Gasteiger partial charge on any atom is -0.820 e. The SMILES string of the molecule is [O-]B(Oc1c(F)c(F)c(F)c(F)c1F)OC(F)(F)F. The van der Waals surface area contributed by atoms with Crippen LogP contribution >= 0.6 is 0 Å². The van der Waals surface area contributed by atoms with Crippen molar-refractivity contribution in [2.45, 2.75) is 6.36 Å². The van der Waals surface area contributed by atoms with Crippen molar-refractivity contribution in [1.82, 2.24) is 0 Å².